The Kier molecular flexibility index (Phi) is 6.26. The topological polar surface area (TPSA) is 66.9 Å². The van der Waals surface area contributed by atoms with Gasteiger partial charge in [-0.05, 0) is 49.3 Å². The van der Waals surface area contributed by atoms with E-state index >= 15 is 0 Å². The molecule has 2 heterocycles. The molecule has 2 aliphatic heterocycles. The van der Waals surface area contributed by atoms with Gasteiger partial charge in [-0.3, -0.25) is 19.3 Å². The third-order valence-electron chi connectivity index (χ3n) is 7.44. The van der Waals surface area contributed by atoms with Crippen LogP contribution in [-0.2, 0) is 24.5 Å². The second kappa shape index (κ2) is 9.34. The molecule has 0 N–H and O–H groups in total. The summed E-state index contributed by atoms with van der Waals surface area (Å²) in [6.45, 7) is 3.77. The van der Waals surface area contributed by atoms with Crippen LogP contribution < -0.4 is 0 Å². The molecule has 0 spiro atoms. The Morgan fingerprint density at radius 2 is 1.74 bits per heavy atom. The van der Waals surface area contributed by atoms with E-state index in [0.29, 0.717) is 13.1 Å². The first-order valence-corrected chi connectivity index (χ1v) is 12.4. The van der Waals surface area contributed by atoms with E-state index in [1.54, 1.807) is 4.90 Å². The zero-order chi connectivity index (χ0) is 23.7. The number of ether oxygens (including phenoxy) is 1. The van der Waals surface area contributed by atoms with Crippen molar-refractivity contribution in [3.05, 3.63) is 60.2 Å². The Labute approximate surface area is 200 Å². The second-order valence-corrected chi connectivity index (χ2v) is 9.75. The van der Waals surface area contributed by atoms with Gasteiger partial charge < -0.3 is 9.64 Å². The van der Waals surface area contributed by atoms with Crippen molar-refractivity contribution in [3.8, 4) is 11.1 Å². The van der Waals surface area contributed by atoms with Crippen molar-refractivity contribution in [2.45, 2.75) is 63.0 Å². The van der Waals surface area contributed by atoms with Gasteiger partial charge in [0.1, 0.15) is 0 Å². The maximum absolute atomic E-state index is 13.8. The van der Waals surface area contributed by atoms with Crippen molar-refractivity contribution in [2.24, 2.45) is 0 Å². The van der Waals surface area contributed by atoms with Crippen LogP contribution in [0.5, 0.6) is 0 Å². The second-order valence-electron chi connectivity index (χ2n) is 9.75. The van der Waals surface area contributed by atoms with E-state index in [1.807, 2.05) is 61.5 Å². The summed E-state index contributed by atoms with van der Waals surface area (Å²) in [4.78, 5) is 43.5. The summed E-state index contributed by atoms with van der Waals surface area (Å²) >= 11 is 0. The summed E-state index contributed by atoms with van der Waals surface area (Å²) in [5.74, 6) is -0.465. The molecule has 3 fully saturated rings. The molecule has 0 radical (unpaired) electrons. The van der Waals surface area contributed by atoms with E-state index in [-0.39, 0.29) is 42.7 Å². The zero-order valence-corrected chi connectivity index (χ0v) is 19.7. The molecule has 0 bridgehead atoms. The Balaban J connectivity index is 1.45. The van der Waals surface area contributed by atoms with Gasteiger partial charge in [0, 0.05) is 38.6 Å². The van der Waals surface area contributed by atoms with Gasteiger partial charge in [-0.25, -0.2) is 0 Å². The Morgan fingerprint density at radius 1 is 1.03 bits per heavy atom. The van der Waals surface area contributed by atoms with E-state index in [2.05, 4.69) is 0 Å². The first-order chi connectivity index (χ1) is 16.5. The van der Waals surface area contributed by atoms with Gasteiger partial charge in [0.2, 0.25) is 17.7 Å². The van der Waals surface area contributed by atoms with Crippen LogP contribution in [0.3, 0.4) is 0 Å². The van der Waals surface area contributed by atoms with Crippen LogP contribution in [-0.4, -0.2) is 59.4 Å². The van der Waals surface area contributed by atoms with Gasteiger partial charge in [-0.15, -0.1) is 0 Å². The van der Waals surface area contributed by atoms with Crippen molar-refractivity contribution in [1.29, 1.82) is 0 Å². The fourth-order valence-electron chi connectivity index (χ4n) is 5.35. The van der Waals surface area contributed by atoms with E-state index in [4.69, 9.17) is 4.74 Å². The summed E-state index contributed by atoms with van der Waals surface area (Å²) in [7, 11) is 0. The summed E-state index contributed by atoms with van der Waals surface area (Å²) < 4.78 is 5.74. The Hall–Kier alpha value is -2.99. The summed E-state index contributed by atoms with van der Waals surface area (Å²) in [6, 6.07) is 17.8. The first-order valence-electron chi connectivity index (χ1n) is 12.4. The molecule has 0 aromatic heterocycles. The quantitative estimate of drug-likeness (QED) is 0.560. The molecule has 2 saturated heterocycles. The normalized spacial score (nSPS) is 24.6. The maximum atomic E-state index is 13.8. The highest BCUT2D eigenvalue weighted by molar-refractivity contribution is 6.11. The lowest BCUT2D eigenvalue weighted by Gasteiger charge is -2.31. The number of rotatable bonds is 8. The Bertz CT molecular complexity index is 1060. The first kappa shape index (κ1) is 22.8. The average molecular weight is 461 g/mol. The minimum absolute atomic E-state index is 0.00487. The van der Waals surface area contributed by atoms with E-state index < -0.39 is 5.41 Å². The summed E-state index contributed by atoms with van der Waals surface area (Å²) in [6.07, 6.45) is 3.78. The van der Waals surface area contributed by atoms with Gasteiger partial charge in [-0.2, -0.15) is 0 Å². The van der Waals surface area contributed by atoms with Gasteiger partial charge in [-0.1, -0.05) is 54.6 Å². The smallest absolute Gasteiger partial charge is 0.241 e. The van der Waals surface area contributed by atoms with Crippen LogP contribution in [0.2, 0.25) is 0 Å². The number of benzene rings is 2. The van der Waals surface area contributed by atoms with Crippen LogP contribution in [0, 0.1) is 0 Å². The molecule has 1 saturated carbocycles. The lowest BCUT2D eigenvalue weighted by atomic mass is 9.75. The zero-order valence-electron chi connectivity index (χ0n) is 19.7. The number of likely N-dealkylation sites (tertiary alicyclic amines) is 1. The summed E-state index contributed by atoms with van der Waals surface area (Å²) in [5, 5.41) is 0. The third-order valence-corrected chi connectivity index (χ3v) is 7.44. The van der Waals surface area contributed by atoms with Gasteiger partial charge in [0.25, 0.3) is 0 Å². The molecular formula is C28H32N2O4. The highest BCUT2D eigenvalue weighted by Crippen LogP contribution is 2.45. The Morgan fingerprint density at radius 3 is 2.35 bits per heavy atom. The highest BCUT2D eigenvalue weighted by atomic mass is 16.5. The molecule has 6 heteroatoms. The molecule has 6 nitrogen and oxygen atoms in total. The molecule has 2 aromatic carbocycles. The minimum Gasteiger partial charge on any atom is -0.376 e. The lowest BCUT2D eigenvalue weighted by Crippen LogP contribution is -2.45. The molecule has 2 atom stereocenters. The molecule has 2 unspecified atom stereocenters. The highest BCUT2D eigenvalue weighted by Gasteiger charge is 2.57. The van der Waals surface area contributed by atoms with Gasteiger partial charge in [0.15, 0.2) is 0 Å². The lowest BCUT2D eigenvalue weighted by molar-refractivity contribution is -0.143. The number of likely N-dealkylation sites (N-methyl/N-ethyl adjacent to an activating group) is 1. The molecule has 1 aliphatic carbocycles. The van der Waals surface area contributed by atoms with Crippen molar-refractivity contribution >= 4 is 17.7 Å². The van der Waals surface area contributed by atoms with Crippen LogP contribution in [0.4, 0.5) is 0 Å². The van der Waals surface area contributed by atoms with Crippen molar-refractivity contribution in [3.63, 3.8) is 0 Å². The predicted octanol–water partition coefficient (Wildman–Crippen LogP) is 3.93. The monoisotopic (exact) mass is 460 g/mol. The number of hydrogen-bond donors (Lipinski definition) is 0. The summed E-state index contributed by atoms with van der Waals surface area (Å²) in [5.41, 5.74) is 1.72. The number of hydrogen-bond acceptors (Lipinski definition) is 4. The van der Waals surface area contributed by atoms with Crippen LogP contribution in [0.15, 0.2) is 54.6 Å². The SMILES string of the molecule is CCN(CC1CCCO1)C(=O)CC1(c2ccc(-c3ccccc3)cc2)CC(=O)N(C2CC2)C1=O. The number of imide groups is 1. The molecular weight excluding hydrogens is 428 g/mol. The van der Waals surface area contributed by atoms with Crippen molar-refractivity contribution in [1.82, 2.24) is 9.80 Å². The predicted molar refractivity (Wildman–Crippen MR) is 129 cm³/mol. The fourth-order valence-corrected chi connectivity index (χ4v) is 5.35. The van der Waals surface area contributed by atoms with Crippen molar-refractivity contribution < 1.29 is 19.1 Å². The number of carbonyl (C=O) groups excluding carboxylic acids is 3. The molecule has 3 aliphatic rings. The van der Waals surface area contributed by atoms with Crippen LogP contribution in [0.1, 0.15) is 51.0 Å². The molecule has 3 amide bonds. The molecule has 34 heavy (non-hydrogen) atoms. The van der Waals surface area contributed by atoms with Crippen LogP contribution >= 0.6 is 0 Å². The largest absolute Gasteiger partial charge is 0.376 e. The standard InChI is InChI=1S/C28H32N2O4/c1-2-29(19-24-9-6-16-34-24)25(31)17-28(18-26(32)30(27(28)33)23-14-15-23)22-12-10-21(11-13-22)20-7-4-3-5-8-20/h3-5,7-8,10-13,23-24H,2,6,9,14-19H2,1H3. The minimum atomic E-state index is -1.14. The number of carbonyl (C=O) groups is 3. The van der Waals surface area contributed by atoms with Crippen molar-refractivity contribution in [2.75, 3.05) is 19.7 Å². The maximum Gasteiger partial charge on any atom is 0.241 e. The molecule has 178 valence electrons. The van der Waals surface area contributed by atoms with Gasteiger partial charge in [0.05, 0.1) is 11.5 Å². The number of amides is 3. The van der Waals surface area contributed by atoms with Gasteiger partial charge >= 0.3 is 0 Å². The number of nitrogens with zero attached hydrogens (tertiary/aromatic N) is 2. The average Bonchev–Trinajstić information content (AvgIpc) is 3.48. The van der Waals surface area contributed by atoms with E-state index in [9.17, 15) is 14.4 Å². The molecule has 5 rings (SSSR count). The van der Waals surface area contributed by atoms with Crippen LogP contribution in [0.25, 0.3) is 11.1 Å². The molecule has 2 aromatic rings. The van der Waals surface area contributed by atoms with E-state index in [1.165, 1.54) is 4.90 Å². The van der Waals surface area contributed by atoms with E-state index in [0.717, 1.165) is 49.0 Å². The third kappa shape index (κ3) is 4.27. The fraction of sp³-hybridized carbons (Fsp3) is 0.464.